The van der Waals surface area contributed by atoms with Crippen LogP contribution >= 0.6 is 0 Å². The molecule has 1 aliphatic heterocycles. The summed E-state index contributed by atoms with van der Waals surface area (Å²) in [7, 11) is -1.76. The Kier molecular flexibility index (Phi) is 6.25. The van der Waals surface area contributed by atoms with Crippen LogP contribution in [0.25, 0.3) is 11.0 Å². The summed E-state index contributed by atoms with van der Waals surface area (Å²) in [5.41, 5.74) is 1.48. The molecule has 1 saturated heterocycles. The third-order valence-corrected chi connectivity index (χ3v) is 7.57. The van der Waals surface area contributed by atoms with Crippen molar-refractivity contribution in [1.82, 2.24) is 13.9 Å². The fourth-order valence-electron chi connectivity index (χ4n) is 3.89. The zero-order chi connectivity index (χ0) is 22.9. The molecule has 1 aromatic heterocycles. The van der Waals surface area contributed by atoms with Crippen molar-refractivity contribution in [3.05, 3.63) is 53.9 Å². The molecular weight excluding hydrogens is 438 g/mol. The number of hydrogen-bond donors (Lipinski definition) is 1. The van der Waals surface area contributed by atoms with E-state index in [0.717, 1.165) is 36.9 Å². The summed E-state index contributed by atoms with van der Waals surface area (Å²) in [6, 6.07) is 8.05. The molecular formula is C22H24F2N4O3S. The Morgan fingerprint density at radius 1 is 1.06 bits per heavy atom. The summed E-state index contributed by atoms with van der Waals surface area (Å²) in [4.78, 5) is 17.0. The minimum absolute atomic E-state index is 0.0785. The van der Waals surface area contributed by atoms with Gasteiger partial charge in [0.25, 0.3) is 0 Å². The van der Waals surface area contributed by atoms with Gasteiger partial charge in [0.15, 0.2) is 11.6 Å². The Morgan fingerprint density at radius 3 is 2.53 bits per heavy atom. The first kappa shape index (κ1) is 22.3. The minimum atomic E-state index is -3.56. The number of halogens is 2. The summed E-state index contributed by atoms with van der Waals surface area (Å²) in [6.07, 6.45) is 3.14. The maximum absolute atomic E-state index is 13.3. The first-order chi connectivity index (χ1) is 15.3. The second-order valence-corrected chi connectivity index (χ2v) is 9.82. The van der Waals surface area contributed by atoms with E-state index >= 15 is 0 Å². The second kappa shape index (κ2) is 8.95. The van der Waals surface area contributed by atoms with Gasteiger partial charge in [0, 0.05) is 44.7 Å². The predicted molar refractivity (Wildman–Crippen MR) is 117 cm³/mol. The summed E-state index contributed by atoms with van der Waals surface area (Å²) >= 11 is 0. The standard InChI is InChI=1S/C22H24F2N4O3S/c1-27-20-8-6-16(32(30,31)28-11-3-2-4-12-28)14-19(20)26-21(27)9-10-22(29)25-15-5-7-17(23)18(24)13-15/h5-8,13-14H,2-4,9-12H2,1H3,(H,25,29). The second-order valence-electron chi connectivity index (χ2n) is 7.88. The molecule has 0 unspecified atom stereocenters. The maximum Gasteiger partial charge on any atom is 0.243 e. The Bertz CT molecular complexity index is 1270. The number of imidazole rings is 1. The van der Waals surface area contributed by atoms with E-state index in [1.165, 1.54) is 10.4 Å². The van der Waals surface area contributed by atoms with Gasteiger partial charge in [-0.1, -0.05) is 6.42 Å². The van der Waals surface area contributed by atoms with Gasteiger partial charge in [0.1, 0.15) is 5.82 Å². The molecule has 7 nitrogen and oxygen atoms in total. The van der Waals surface area contributed by atoms with E-state index in [-0.39, 0.29) is 22.9 Å². The van der Waals surface area contributed by atoms with Crippen molar-refractivity contribution in [3.63, 3.8) is 0 Å². The number of carbonyl (C=O) groups excluding carboxylic acids is 1. The number of benzene rings is 2. The highest BCUT2D eigenvalue weighted by Crippen LogP contribution is 2.25. The van der Waals surface area contributed by atoms with Crippen LogP contribution in [0, 0.1) is 11.6 Å². The lowest BCUT2D eigenvalue weighted by atomic mass is 10.2. The third kappa shape index (κ3) is 4.51. The number of nitrogens with zero attached hydrogens (tertiary/aromatic N) is 3. The highest BCUT2D eigenvalue weighted by molar-refractivity contribution is 7.89. The van der Waals surface area contributed by atoms with E-state index in [4.69, 9.17) is 0 Å². The zero-order valence-electron chi connectivity index (χ0n) is 17.6. The molecule has 4 rings (SSSR count). The predicted octanol–water partition coefficient (Wildman–Crippen LogP) is 3.60. The molecule has 0 saturated carbocycles. The van der Waals surface area contributed by atoms with Crippen LogP contribution in [0.5, 0.6) is 0 Å². The van der Waals surface area contributed by atoms with Crippen LogP contribution in [-0.2, 0) is 28.3 Å². The van der Waals surface area contributed by atoms with Crippen molar-refractivity contribution < 1.29 is 22.0 Å². The smallest absolute Gasteiger partial charge is 0.243 e. The molecule has 1 aliphatic rings. The van der Waals surface area contributed by atoms with Crippen molar-refractivity contribution in [3.8, 4) is 0 Å². The number of nitrogens with one attached hydrogen (secondary N) is 1. The van der Waals surface area contributed by atoms with Gasteiger partial charge in [-0.25, -0.2) is 22.2 Å². The van der Waals surface area contributed by atoms with Crippen LogP contribution in [0.1, 0.15) is 31.5 Å². The summed E-state index contributed by atoms with van der Waals surface area (Å²) in [5.74, 6) is -1.76. The number of sulfonamides is 1. The van der Waals surface area contributed by atoms with E-state index < -0.39 is 21.7 Å². The van der Waals surface area contributed by atoms with Gasteiger partial charge in [-0.3, -0.25) is 4.79 Å². The Morgan fingerprint density at radius 2 is 1.81 bits per heavy atom. The van der Waals surface area contributed by atoms with Crippen LogP contribution in [0.3, 0.4) is 0 Å². The van der Waals surface area contributed by atoms with Crippen molar-refractivity contribution in [2.24, 2.45) is 7.05 Å². The third-order valence-electron chi connectivity index (χ3n) is 5.68. The van der Waals surface area contributed by atoms with Crippen molar-refractivity contribution in [2.45, 2.75) is 37.0 Å². The molecule has 0 radical (unpaired) electrons. The summed E-state index contributed by atoms with van der Waals surface area (Å²) in [5, 5.41) is 2.53. The van der Waals surface area contributed by atoms with E-state index in [9.17, 15) is 22.0 Å². The number of hydrogen-bond acceptors (Lipinski definition) is 4. The highest BCUT2D eigenvalue weighted by Gasteiger charge is 2.26. The molecule has 1 fully saturated rings. The molecule has 10 heteroatoms. The lowest BCUT2D eigenvalue weighted by molar-refractivity contribution is -0.116. The number of anilines is 1. The largest absolute Gasteiger partial charge is 0.331 e. The quantitative estimate of drug-likeness (QED) is 0.607. The average molecular weight is 463 g/mol. The van der Waals surface area contributed by atoms with Crippen LogP contribution < -0.4 is 5.32 Å². The first-order valence-corrected chi connectivity index (χ1v) is 11.9. The van der Waals surface area contributed by atoms with Gasteiger partial charge in [-0.05, 0) is 43.2 Å². The van der Waals surface area contributed by atoms with Gasteiger partial charge in [-0.15, -0.1) is 0 Å². The number of fused-ring (bicyclic) bond motifs is 1. The van der Waals surface area contributed by atoms with E-state index in [1.54, 1.807) is 25.2 Å². The summed E-state index contributed by atoms with van der Waals surface area (Å²) in [6.45, 7) is 1.06. The zero-order valence-corrected chi connectivity index (χ0v) is 18.5. The van der Waals surface area contributed by atoms with Gasteiger partial charge >= 0.3 is 0 Å². The number of aromatic nitrogens is 2. The number of rotatable bonds is 6. The molecule has 2 aromatic carbocycles. The van der Waals surface area contributed by atoms with Crippen LogP contribution in [0.15, 0.2) is 41.3 Å². The van der Waals surface area contributed by atoms with Crippen molar-refractivity contribution in [2.75, 3.05) is 18.4 Å². The molecule has 0 aliphatic carbocycles. The lowest BCUT2D eigenvalue weighted by Gasteiger charge is -2.25. The van der Waals surface area contributed by atoms with E-state index in [1.807, 2.05) is 4.57 Å². The van der Waals surface area contributed by atoms with Gasteiger partial charge in [0.2, 0.25) is 15.9 Å². The normalized spacial score (nSPS) is 15.2. The molecule has 32 heavy (non-hydrogen) atoms. The lowest BCUT2D eigenvalue weighted by Crippen LogP contribution is -2.35. The van der Waals surface area contributed by atoms with Crippen LogP contribution in [0.2, 0.25) is 0 Å². The molecule has 170 valence electrons. The number of piperidine rings is 1. The molecule has 0 bridgehead atoms. The molecule has 1 amide bonds. The first-order valence-electron chi connectivity index (χ1n) is 10.5. The molecule has 1 N–H and O–H groups in total. The highest BCUT2D eigenvalue weighted by atomic mass is 32.2. The van der Waals surface area contributed by atoms with Crippen molar-refractivity contribution in [1.29, 1.82) is 0 Å². The van der Waals surface area contributed by atoms with Gasteiger partial charge < -0.3 is 9.88 Å². The SMILES string of the molecule is Cn1c(CCC(=O)Nc2ccc(F)c(F)c2)nc2cc(S(=O)(=O)N3CCCCC3)ccc21. The van der Waals surface area contributed by atoms with E-state index in [0.29, 0.717) is 30.9 Å². The monoisotopic (exact) mass is 462 g/mol. The van der Waals surface area contributed by atoms with Crippen LogP contribution in [-0.4, -0.2) is 41.3 Å². The van der Waals surface area contributed by atoms with Crippen molar-refractivity contribution >= 4 is 32.7 Å². The molecule has 2 heterocycles. The summed E-state index contributed by atoms with van der Waals surface area (Å²) < 4.78 is 55.5. The van der Waals surface area contributed by atoms with Crippen LogP contribution in [0.4, 0.5) is 14.5 Å². The number of aryl methyl sites for hydroxylation is 2. The van der Waals surface area contributed by atoms with Gasteiger partial charge in [-0.2, -0.15) is 4.31 Å². The molecule has 0 spiro atoms. The fraction of sp³-hybridized carbons (Fsp3) is 0.364. The average Bonchev–Trinajstić information content (AvgIpc) is 3.10. The Labute approximate surface area is 185 Å². The minimum Gasteiger partial charge on any atom is -0.331 e. The topological polar surface area (TPSA) is 84.3 Å². The number of carbonyl (C=O) groups is 1. The fourth-order valence-corrected chi connectivity index (χ4v) is 5.43. The molecule has 3 aromatic rings. The molecule has 0 atom stereocenters. The maximum atomic E-state index is 13.3. The number of amides is 1. The Balaban J connectivity index is 1.48. The van der Waals surface area contributed by atoms with Gasteiger partial charge in [0.05, 0.1) is 15.9 Å². The van der Waals surface area contributed by atoms with E-state index in [2.05, 4.69) is 10.3 Å². The Hall–Kier alpha value is -2.85.